The fourth-order valence-corrected chi connectivity index (χ4v) is 14.7. The van der Waals surface area contributed by atoms with E-state index in [1.807, 2.05) is 0 Å². The molecule has 2 unspecified atom stereocenters. The number of aliphatic hydroxyl groups is 1. The molecule has 0 saturated heterocycles. The summed E-state index contributed by atoms with van der Waals surface area (Å²) in [6, 6.07) is 0. The molecule has 0 bridgehead atoms. The van der Waals surface area contributed by atoms with Crippen LogP contribution >= 0.6 is 15.6 Å². The van der Waals surface area contributed by atoms with Crippen molar-refractivity contribution in [3.05, 3.63) is 0 Å². The van der Waals surface area contributed by atoms with Crippen molar-refractivity contribution in [2.24, 2.45) is 0 Å². The summed E-state index contributed by atoms with van der Waals surface area (Å²) in [6.45, 7) is 4.95. The number of unbranched alkanes of at least 4 members (excludes halogenated alkanes) is 59. The summed E-state index contributed by atoms with van der Waals surface area (Å²) < 4.78 is 68.6. The van der Waals surface area contributed by atoms with Gasteiger partial charge in [0.25, 0.3) is 0 Å². The fourth-order valence-electron chi connectivity index (χ4n) is 13.2. The van der Waals surface area contributed by atoms with Gasteiger partial charge in [0.2, 0.25) is 0 Å². The van der Waals surface area contributed by atoms with E-state index in [9.17, 15) is 43.2 Å². The highest BCUT2D eigenvalue weighted by molar-refractivity contribution is 7.47. The molecule has 0 amide bonds. The molecule has 612 valence electrons. The van der Waals surface area contributed by atoms with Crippen molar-refractivity contribution in [2.45, 2.75) is 476 Å². The molecule has 0 radical (unpaired) electrons. The van der Waals surface area contributed by atoms with Crippen LogP contribution in [0.4, 0.5) is 0 Å². The third-order valence-electron chi connectivity index (χ3n) is 19.9. The molecule has 0 fully saturated rings. The number of esters is 4. The van der Waals surface area contributed by atoms with E-state index < -0.39 is 97.5 Å². The number of ether oxygens (including phenoxy) is 4. The minimum absolute atomic E-state index is 0.108. The van der Waals surface area contributed by atoms with Crippen LogP contribution in [0.5, 0.6) is 0 Å². The minimum atomic E-state index is -4.96. The lowest BCUT2D eigenvalue weighted by atomic mass is 10.0. The van der Waals surface area contributed by atoms with Gasteiger partial charge in [-0.25, -0.2) is 9.13 Å². The van der Waals surface area contributed by atoms with Crippen molar-refractivity contribution in [1.82, 2.24) is 0 Å². The number of hydrogen-bond acceptors (Lipinski definition) is 15. The summed E-state index contributed by atoms with van der Waals surface area (Å²) in [5.41, 5.74) is 0. The van der Waals surface area contributed by atoms with Gasteiger partial charge in [-0.2, -0.15) is 0 Å². The van der Waals surface area contributed by atoms with Crippen LogP contribution in [0, 0.1) is 0 Å². The Kier molecular flexibility index (Phi) is 76.7. The second-order valence-corrected chi connectivity index (χ2v) is 33.1. The molecule has 3 N–H and O–H groups in total. The number of phosphoric ester groups is 2. The first-order chi connectivity index (χ1) is 50.2. The minimum Gasteiger partial charge on any atom is -0.462 e. The standard InChI is InChI=1S/C84H164O17P2/c1-5-9-13-17-20-23-26-29-32-35-37-39-41-44-47-50-53-56-59-63-67-71-84(89)101-80(75-95-82(87)69-65-61-57-54-51-48-45-43-40-38-36-33-30-27-24-21-18-14-10-6-2)77-99-103(92,93)97-73-78(85)72-96-102(90,91)98-76-79(74-94-81(86)68-64-60-16-12-8-4)100-83(88)70-66-62-58-55-52-49-46-42-34-31-28-25-22-19-15-11-7-3/h78-80,85H,5-77H2,1-4H3,(H,90,91)(H,92,93)/t78-,79+,80+/m0/s1. The summed E-state index contributed by atoms with van der Waals surface area (Å²) in [4.78, 5) is 72.8. The number of carbonyl (C=O) groups is 4. The maximum atomic E-state index is 13.1. The van der Waals surface area contributed by atoms with Crippen LogP contribution in [0.2, 0.25) is 0 Å². The van der Waals surface area contributed by atoms with E-state index in [4.69, 9.17) is 37.0 Å². The molecule has 0 aromatic rings. The van der Waals surface area contributed by atoms with Crippen LogP contribution in [-0.4, -0.2) is 96.7 Å². The molecule has 0 saturated carbocycles. The molecule has 103 heavy (non-hydrogen) atoms. The topological polar surface area (TPSA) is 237 Å². The normalized spacial score (nSPS) is 13.7. The summed E-state index contributed by atoms with van der Waals surface area (Å²) in [7, 11) is -9.91. The van der Waals surface area contributed by atoms with E-state index in [2.05, 4.69) is 27.7 Å². The monoisotopic (exact) mass is 1510 g/mol. The third kappa shape index (κ3) is 78.0. The van der Waals surface area contributed by atoms with Gasteiger partial charge in [0.1, 0.15) is 19.3 Å². The van der Waals surface area contributed by atoms with Gasteiger partial charge < -0.3 is 33.8 Å². The lowest BCUT2D eigenvalue weighted by Crippen LogP contribution is -2.30. The molecule has 0 aromatic heterocycles. The maximum absolute atomic E-state index is 13.1. The van der Waals surface area contributed by atoms with Gasteiger partial charge >= 0.3 is 39.5 Å². The number of aliphatic hydroxyl groups excluding tert-OH is 1. The Morgan fingerprint density at radius 2 is 0.388 bits per heavy atom. The summed E-state index contributed by atoms with van der Waals surface area (Å²) in [5.74, 6) is -2.11. The Hall–Kier alpha value is -1.94. The van der Waals surface area contributed by atoms with E-state index in [0.29, 0.717) is 25.7 Å². The van der Waals surface area contributed by atoms with Crippen molar-refractivity contribution in [2.75, 3.05) is 39.6 Å². The Morgan fingerprint density at radius 1 is 0.233 bits per heavy atom. The van der Waals surface area contributed by atoms with Crippen molar-refractivity contribution >= 4 is 39.5 Å². The van der Waals surface area contributed by atoms with Crippen LogP contribution in [-0.2, 0) is 65.4 Å². The Labute approximate surface area is 632 Å². The van der Waals surface area contributed by atoms with E-state index >= 15 is 0 Å². The number of rotatable bonds is 85. The second kappa shape index (κ2) is 78.2. The van der Waals surface area contributed by atoms with Gasteiger partial charge in [-0.1, -0.05) is 407 Å². The van der Waals surface area contributed by atoms with Gasteiger partial charge in [0.05, 0.1) is 26.4 Å². The van der Waals surface area contributed by atoms with E-state index in [1.54, 1.807) is 0 Å². The molecule has 5 atom stereocenters. The number of carbonyl (C=O) groups excluding carboxylic acids is 4. The smallest absolute Gasteiger partial charge is 0.462 e. The average Bonchev–Trinajstić information content (AvgIpc) is 1.02. The SMILES string of the molecule is CCCCCCCCCCCCCCCCCCCCCCCC(=O)O[C@H](COC(=O)CCCCCCCCCCCCCCCCCCCCCC)COP(=O)(O)OC[C@@H](O)COP(=O)(O)OC[C@@H](COC(=O)CCCCCCC)OC(=O)CCCCCCCCCCCCCCCCCCC. The highest BCUT2D eigenvalue weighted by atomic mass is 31.2. The van der Waals surface area contributed by atoms with Gasteiger partial charge in [0, 0.05) is 25.7 Å². The predicted molar refractivity (Wildman–Crippen MR) is 423 cm³/mol. The largest absolute Gasteiger partial charge is 0.472 e. The Morgan fingerprint density at radius 3 is 0.573 bits per heavy atom. The zero-order valence-electron chi connectivity index (χ0n) is 67.3. The fraction of sp³-hybridized carbons (Fsp3) is 0.952. The van der Waals surface area contributed by atoms with E-state index in [0.717, 1.165) is 96.3 Å². The van der Waals surface area contributed by atoms with Crippen molar-refractivity contribution < 1.29 is 80.2 Å². The first-order valence-electron chi connectivity index (χ1n) is 43.8. The van der Waals surface area contributed by atoms with Gasteiger partial charge in [-0.15, -0.1) is 0 Å². The van der Waals surface area contributed by atoms with Crippen LogP contribution in [0.25, 0.3) is 0 Å². The molecule has 0 aliphatic heterocycles. The lowest BCUT2D eigenvalue weighted by Gasteiger charge is -2.21. The van der Waals surface area contributed by atoms with Crippen LogP contribution in [0.1, 0.15) is 458 Å². The van der Waals surface area contributed by atoms with Crippen molar-refractivity contribution in [3.8, 4) is 0 Å². The highest BCUT2D eigenvalue weighted by Crippen LogP contribution is 2.45. The van der Waals surface area contributed by atoms with E-state index in [1.165, 1.54) is 283 Å². The van der Waals surface area contributed by atoms with Crippen molar-refractivity contribution in [1.29, 1.82) is 0 Å². The molecular formula is C84H164O17P2. The average molecular weight is 1510 g/mol. The molecule has 0 heterocycles. The molecule has 19 heteroatoms. The molecule has 0 spiro atoms. The second-order valence-electron chi connectivity index (χ2n) is 30.2. The van der Waals surface area contributed by atoms with Gasteiger partial charge in [0.15, 0.2) is 12.2 Å². The van der Waals surface area contributed by atoms with Crippen molar-refractivity contribution in [3.63, 3.8) is 0 Å². The molecular weight excluding hydrogens is 1340 g/mol. The zero-order chi connectivity index (χ0) is 75.3. The Bertz CT molecular complexity index is 1950. The first kappa shape index (κ1) is 101. The van der Waals surface area contributed by atoms with Crippen LogP contribution in [0.15, 0.2) is 0 Å². The lowest BCUT2D eigenvalue weighted by molar-refractivity contribution is -0.161. The highest BCUT2D eigenvalue weighted by Gasteiger charge is 2.30. The predicted octanol–water partition coefficient (Wildman–Crippen LogP) is 25.7. The molecule has 0 aromatic carbocycles. The third-order valence-corrected chi connectivity index (χ3v) is 21.8. The van der Waals surface area contributed by atoms with Crippen LogP contribution in [0.3, 0.4) is 0 Å². The molecule has 0 aliphatic carbocycles. The quantitative estimate of drug-likeness (QED) is 0.0222. The maximum Gasteiger partial charge on any atom is 0.472 e. The summed E-state index contributed by atoms with van der Waals surface area (Å²) in [6.07, 6.45) is 72.8. The van der Waals surface area contributed by atoms with Crippen LogP contribution < -0.4 is 0 Å². The van der Waals surface area contributed by atoms with Gasteiger partial charge in [-0.3, -0.25) is 37.3 Å². The number of hydrogen-bond donors (Lipinski definition) is 3. The van der Waals surface area contributed by atoms with E-state index in [-0.39, 0.29) is 25.7 Å². The number of phosphoric acid groups is 2. The summed E-state index contributed by atoms with van der Waals surface area (Å²) >= 11 is 0. The zero-order valence-corrected chi connectivity index (χ0v) is 69.1. The van der Waals surface area contributed by atoms with Gasteiger partial charge in [-0.05, 0) is 25.7 Å². The molecule has 0 aliphatic rings. The Balaban J connectivity index is 5.10. The summed E-state index contributed by atoms with van der Waals surface area (Å²) in [5, 5.41) is 10.6. The molecule has 0 rings (SSSR count). The first-order valence-corrected chi connectivity index (χ1v) is 46.8. The molecule has 17 nitrogen and oxygen atoms in total.